The molecule has 0 saturated heterocycles. The zero-order chi connectivity index (χ0) is 18.2. The smallest absolute Gasteiger partial charge is 0.340 e. The molecule has 25 heavy (non-hydrogen) atoms. The van der Waals surface area contributed by atoms with Crippen molar-refractivity contribution in [3.8, 4) is 0 Å². The quantitative estimate of drug-likeness (QED) is 0.852. The predicted octanol–water partition coefficient (Wildman–Crippen LogP) is 2.97. The number of hydrogen-bond acceptors (Lipinski definition) is 4. The zero-order valence-corrected chi connectivity index (χ0v) is 14.8. The van der Waals surface area contributed by atoms with Crippen LogP contribution in [-0.4, -0.2) is 20.0 Å². The molecular formula is C19H19NO4S. The van der Waals surface area contributed by atoms with Crippen LogP contribution < -0.4 is 5.14 Å². The second kappa shape index (κ2) is 6.13. The van der Waals surface area contributed by atoms with Gasteiger partial charge in [0.25, 0.3) is 0 Å². The molecule has 2 aromatic rings. The lowest BCUT2D eigenvalue weighted by Crippen LogP contribution is -2.26. The average Bonchev–Trinajstić information content (AvgIpc) is 2.86. The summed E-state index contributed by atoms with van der Waals surface area (Å²) < 4.78 is 28.6. The van der Waals surface area contributed by atoms with Crippen LogP contribution in [0, 0.1) is 0 Å². The number of rotatable bonds is 4. The number of hydrogen-bond donors (Lipinski definition) is 1. The monoisotopic (exact) mass is 357 g/mol. The summed E-state index contributed by atoms with van der Waals surface area (Å²) in [6.45, 7) is 3.81. The van der Waals surface area contributed by atoms with Gasteiger partial charge in [-0.25, -0.2) is 18.4 Å². The lowest BCUT2D eigenvalue weighted by atomic mass is 9.84. The third-order valence-electron chi connectivity index (χ3n) is 4.51. The minimum atomic E-state index is -3.77. The van der Waals surface area contributed by atoms with Crippen molar-refractivity contribution in [3.63, 3.8) is 0 Å². The number of nitrogens with two attached hydrogens (primary N) is 1. The van der Waals surface area contributed by atoms with Gasteiger partial charge in [-0.05, 0) is 36.6 Å². The van der Waals surface area contributed by atoms with Gasteiger partial charge in [-0.2, -0.15) is 0 Å². The van der Waals surface area contributed by atoms with Crippen molar-refractivity contribution in [1.82, 2.24) is 0 Å². The maximum absolute atomic E-state index is 12.6. The first kappa shape index (κ1) is 17.4. The Labute approximate surface area is 147 Å². The SMILES string of the molecule is CCC1(C)OC(=O)C(c2ccccc2)=C1c1ccc(S(N)(=O)=O)cc1. The van der Waals surface area contributed by atoms with Crippen LogP contribution in [0.2, 0.25) is 0 Å². The first-order valence-corrected chi connectivity index (χ1v) is 9.47. The molecule has 2 N–H and O–H groups in total. The van der Waals surface area contributed by atoms with E-state index in [2.05, 4.69) is 0 Å². The largest absolute Gasteiger partial charge is 0.451 e. The molecule has 1 aliphatic rings. The highest BCUT2D eigenvalue weighted by molar-refractivity contribution is 7.89. The second-order valence-electron chi connectivity index (χ2n) is 6.16. The van der Waals surface area contributed by atoms with E-state index in [0.29, 0.717) is 12.0 Å². The molecule has 0 spiro atoms. The van der Waals surface area contributed by atoms with E-state index in [9.17, 15) is 13.2 Å². The molecule has 3 rings (SSSR count). The van der Waals surface area contributed by atoms with Gasteiger partial charge < -0.3 is 4.74 Å². The van der Waals surface area contributed by atoms with Gasteiger partial charge in [-0.15, -0.1) is 0 Å². The van der Waals surface area contributed by atoms with Gasteiger partial charge >= 0.3 is 5.97 Å². The Morgan fingerprint density at radius 1 is 1.00 bits per heavy atom. The van der Waals surface area contributed by atoms with Crippen molar-refractivity contribution in [1.29, 1.82) is 0 Å². The summed E-state index contributed by atoms with van der Waals surface area (Å²) in [6, 6.07) is 15.5. The Hall–Kier alpha value is -2.44. The fourth-order valence-corrected chi connectivity index (χ4v) is 3.57. The molecule has 0 radical (unpaired) electrons. The van der Waals surface area contributed by atoms with Crippen LogP contribution in [-0.2, 0) is 19.6 Å². The average molecular weight is 357 g/mol. The lowest BCUT2D eigenvalue weighted by molar-refractivity contribution is -0.143. The van der Waals surface area contributed by atoms with Crippen molar-refractivity contribution in [3.05, 3.63) is 65.7 Å². The van der Waals surface area contributed by atoms with Crippen LogP contribution in [0.3, 0.4) is 0 Å². The fourth-order valence-electron chi connectivity index (χ4n) is 3.05. The Kier molecular flexibility index (Phi) is 4.26. The van der Waals surface area contributed by atoms with E-state index < -0.39 is 15.6 Å². The third kappa shape index (κ3) is 3.10. The van der Waals surface area contributed by atoms with E-state index in [-0.39, 0.29) is 10.9 Å². The topological polar surface area (TPSA) is 86.5 Å². The number of ether oxygens (including phenoxy) is 1. The number of esters is 1. The molecule has 0 saturated carbocycles. The van der Waals surface area contributed by atoms with Crippen LogP contribution >= 0.6 is 0 Å². The fraction of sp³-hybridized carbons (Fsp3) is 0.211. The minimum absolute atomic E-state index is 0.0292. The summed E-state index contributed by atoms with van der Waals surface area (Å²) in [5, 5.41) is 5.16. The summed E-state index contributed by atoms with van der Waals surface area (Å²) in [6.07, 6.45) is 0.599. The summed E-state index contributed by atoms with van der Waals surface area (Å²) in [7, 11) is -3.77. The predicted molar refractivity (Wildman–Crippen MR) is 95.9 cm³/mol. The number of benzene rings is 2. The maximum Gasteiger partial charge on any atom is 0.340 e. The van der Waals surface area contributed by atoms with Crippen LogP contribution in [0.4, 0.5) is 0 Å². The molecule has 1 aliphatic heterocycles. The van der Waals surface area contributed by atoms with Crippen LogP contribution in [0.15, 0.2) is 59.5 Å². The van der Waals surface area contributed by atoms with Gasteiger partial charge in [0.05, 0.1) is 10.5 Å². The first-order chi connectivity index (χ1) is 11.8. The highest BCUT2D eigenvalue weighted by Gasteiger charge is 2.43. The third-order valence-corrected chi connectivity index (χ3v) is 5.44. The molecule has 2 aromatic carbocycles. The molecular weight excluding hydrogens is 338 g/mol. The molecule has 1 heterocycles. The lowest BCUT2D eigenvalue weighted by Gasteiger charge is -2.25. The molecule has 0 aromatic heterocycles. The highest BCUT2D eigenvalue weighted by Crippen LogP contribution is 2.45. The number of cyclic esters (lactones) is 1. The van der Waals surface area contributed by atoms with Crippen LogP contribution in [0.25, 0.3) is 11.1 Å². The number of carbonyl (C=O) groups excluding carboxylic acids is 1. The first-order valence-electron chi connectivity index (χ1n) is 7.93. The van der Waals surface area contributed by atoms with Gasteiger partial charge in [-0.3, -0.25) is 0 Å². The molecule has 0 aliphatic carbocycles. The van der Waals surface area contributed by atoms with E-state index in [1.54, 1.807) is 12.1 Å². The van der Waals surface area contributed by atoms with E-state index in [4.69, 9.17) is 9.88 Å². The van der Waals surface area contributed by atoms with Gasteiger partial charge in [0.2, 0.25) is 10.0 Å². The van der Waals surface area contributed by atoms with Crippen molar-refractivity contribution >= 4 is 27.1 Å². The van der Waals surface area contributed by atoms with Gasteiger partial charge in [0, 0.05) is 5.57 Å². The van der Waals surface area contributed by atoms with Crippen molar-refractivity contribution < 1.29 is 17.9 Å². The van der Waals surface area contributed by atoms with E-state index in [0.717, 1.165) is 16.7 Å². The molecule has 1 unspecified atom stereocenters. The molecule has 130 valence electrons. The standard InChI is InChI=1S/C19H19NO4S/c1-3-19(2)17(14-9-11-15(12-10-14)25(20,22)23)16(18(21)24-19)13-7-5-4-6-8-13/h4-12H,3H2,1-2H3,(H2,20,22,23). The normalized spacial score (nSPS) is 20.7. The number of carbonyl (C=O) groups is 1. The molecule has 0 fully saturated rings. The second-order valence-corrected chi connectivity index (χ2v) is 7.72. The molecule has 1 atom stereocenters. The Bertz CT molecular complexity index is 947. The summed E-state index contributed by atoms with van der Waals surface area (Å²) >= 11 is 0. The minimum Gasteiger partial charge on any atom is -0.451 e. The summed E-state index contributed by atoms with van der Waals surface area (Å²) in [5.74, 6) is -0.374. The van der Waals surface area contributed by atoms with Crippen molar-refractivity contribution in [2.45, 2.75) is 30.8 Å². The van der Waals surface area contributed by atoms with E-state index in [1.807, 2.05) is 44.2 Å². The zero-order valence-electron chi connectivity index (χ0n) is 14.0. The number of primary sulfonamides is 1. The summed E-state index contributed by atoms with van der Waals surface area (Å²) in [4.78, 5) is 12.6. The van der Waals surface area contributed by atoms with Crippen molar-refractivity contribution in [2.75, 3.05) is 0 Å². The Morgan fingerprint density at radius 3 is 2.12 bits per heavy atom. The Balaban J connectivity index is 2.23. The summed E-state index contributed by atoms with van der Waals surface area (Å²) in [5.41, 5.74) is 2.00. The van der Waals surface area contributed by atoms with E-state index >= 15 is 0 Å². The van der Waals surface area contributed by atoms with Gasteiger partial charge in [-0.1, -0.05) is 49.4 Å². The Morgan fingerprint density at radius 2 is 1.60 bits per heavy atom. The van der Waals surface area contributed by atoms with Crippen molar-refractivity contribution in [2.24, 2.45) is 5.14 Å². The molecule has 5 nitrogen and oxygen atoms in total. The van der Waals surface area contributed by atoms with Crippen LogP contribution in [0.5, 0.6) is 0 Å². The van der Waals surface area contributed by atoms with E-state index in [1.165, 1.54) is 12.1 Å². The highest BCUT2D eigenvalue weighted by atomic mass is 32.2. The van der Waals surface area contributed by atoms with Gasteiger partial charge in [0.15, 0.2) is 0 Å². The molecule has 0 amide bonds. The molecule has 6 heteroatoms. The van der Waals surface area contributed by atoms with Gasteiger partial charge in [0.1, 0.15) is 5.60 Å². The van der Waals surface area contributed by atoms with Crippen LogP contribution in [0.1, 0.15) is 31.4 Å². The number of sulfonamides is 1. The maximum atomic E-state index is 12.6. The molecule has 0 bridgehead atoms.